The zero-order valence-corrected chi connectivity index (χ0v) is 17.0. The van der Waals surface area contributed by atoms with Gasteiger partial charge in [-0.15, -0.1) is 0 Å². The summed E-state index contributed by atoms with van der Waals surface area (Å²) < 4.78 is 5.21. The monoisotopic (exact) mass is 411 g/mol. The topological polar surface area (TPSA) is 101 Å². The molecule has 0 spiro atoms. The molecule has 0 aliphatic carbocycles. The summed E-state index contributed by atoms with van der Waals surface area (Å²) in [5.41, 5.74) is 4.43. The van der Waals surface area contributed by atoms with Gasteiger partial charge in [0.15, 0.2) is 11.5 Å². The van der Waals surface area contributed by atoms with Gasteiger partial charge in [0.25, 0.3) is 0 Å². The SMILES string of the molecule is COc1ccc(CCNc2nc(Nc3ccc4ncccc4c3)nc3nc[nH]c23)cc1. The predicted molar refractivity (Wildman–Crippen MR) is 122 cm³/mol. The van der Waals surface area contributed by atoms with Crippen molar-refractivity contribution in [2.45, 2.75) is 6.42 Å². The second kappa shape index (κ2) is 8.27. The van der Waals surface area contributed by atoms with Crippen LogP contribution in [0.3, 0.4) is 0 Å². The van der Waals surface area contributed by atoms with Gasteiger partial charge in [-0.2, -0.15) is 9.97 Å². The Morgan fingerprint density at radius 2 is 1.90 bits per heavy atom. The summed E-state index contributed by atoms with van der Waals surface area (Å²) in [7, 11) is 1.67. The molecular weight excluding hydrogens is 390 g/mol. The molecule has 2 aromatic carbocycles. The Morgan fingerprint density at radius 3 is 2.77 bits per heavy atom. The molecule has 3 heterocycles. The maximum atomic E-state index is 5.21. The van der Waals surface area contributed by atoms with Crippen LogP contribution in [0, 0.1) is 0 Å². The molecule has 0 radical (unpaired) electrons. The molecule has 0 saturated carbocycles. The van der Waals surface area contributed by atoms with Crippen molar-refractivity contribution in [3.05, 3.63) is 72.7 Å². The summed E-state index contributed by atoms with van der Waals surface area (Å²) in [6.45, 7) is 0.721. The average Bonchev–Trinajstić information content (AvgIpc) is 3.28. The Hall–Kier alpha value is -4.20. The molecule has 0 aliphatic heterocycles. The number of aromatic nitrogens is 5. The molecular formula is C23H21N7O. The molecule has 0 amide bonds. The fourth-order valence-electron chi connectivity index (χ4n) is 3.42. The third-order valence-corrected chi connectivity index (χ3v) is 5.01. The van der Waals surface area contributed by atoms with E-state index in [1.165, 1.54) is 5.56 Å². The smallest absolute Gasteiger partial charge is 0.231 e. The number of fused-ring (bicyclic) bond motifs is 2. The van der Waals surface area contributed by atoms with E-state index in [-0.39, 0.29) is 0 Å². The zero-order chi connectivity index (χ0) is 21.0. The van der Waals surface area contributed by atoms with Crippen LogP contribution in [0.25, 0.3) is 22.1 Å². The van der Waals surface area contributed by atoms with Crippen LogP contribution < -0.4 is 15.4 Å². The molecule has 0 atom stereocenters. The van der Waals surface area contributed by atoms with Crippen LogP contribution >= 0.6 is 0 Å². The lowest BCUT2D eigenvalue weighted by molar-refractivity contribution is 0.414. The summed E-state index contributed by atoms with van der Waals surface area (Å²) in [6.07, 6.45) is 4.26. The molecule has 0 unspecified atom stereocenters. The number of H-pyrrole nitrogens is 1. The van der Waals surface area contributed by atoms with Crippen LogP contribution in [-0.4, -0.2) is 38.6 Å². The molecule has 8 nitrogen and oxygen atoms in total. The van der Waals surface area contributed by atoms with Gasteiger partial charge in [0.05, 0.1) is 19.0 Å². The van der Waals surface area contributed by atoms with Gasteiger partial charge >= 0.3 is 0 Å². The number of nitrogens with one attached hydrogen (secondary N) is 3. The van der Waals surface area contributed by atoms with Crippen LogP contribution in [-0.2, 0) is 6.42 Å². The summed E-state index contributed by atoms with van der Waals surface area (Å²) in [5.74, 6) is 2.04. The van der Waals surface area contributed by atoms with Gasteiger partial charge in [-0.3, -0.25) is 4.98 Å². The first-order chi connectivity index (χ1) is 15.3. The van der Waals surface area contributed by atoms with Crippen LogP contribution in [0.5, 0.6) is 5.75 Å². The van der Waals surface area contributed by atoms with E-state index in [2.05, 4.69) is 47.7 Å². The number of hydrogen-bond donors (Lipinski definition) is 3. The van der Waals surface area contributed by atoms with E-state index in [0.29, 0.717) is 17.4 Å². The predicted octanol–water partition coefficient (Wildman–Crippen LogP) is 4.31. The third kappa shape index (κ3) is 4.09. The summed E-state index contributed by atoms with van der Waals surface area (Å²) in [6, 6.07) is 18.0. The average molecular weight is 411 g/mol. The number of rotatable bonds is 7. The first kappa shape index (κ1) is 18.8. The number of anilines is 3. The second-order valence-corrected chi connectivity index (χ2v) is 7.06. The Bertz CT molecular complexity index is 1330. The number of imidazole rings is 1. The first-order valence-electron chi connectivity index (χ1n) is 9.98. The lowest BCUT2D eigenvalue weighted by atomic mass is 10.1. The normalized spacial score (nSPS) is 11.0. The third-order valence-electron chi connectivity index (χ3n) is 5.01. The molecule has 0 bridgehead atoms. The van der Waals surface area contributed by atoms with Gasteiger partial charge < -0.3 is 20.4 Å². The minimum atomic E-state index is 0.481. The van der Waals surface area contributed by atoms with Gasteiger partial charge in [0.2, 0.25) is 5.95 Å². The fraction of sp³-hybridized carbons (Fsp3) is 0.130. The summed E-state index contributed by atoms with van der Waals surface area (Å²) in [5, 5.41) is 7.73. The molecule has 154 valence electrons. The molecule has 0 saturated heterocycles. The highest BCUT2D eigenvalue weighted by molar-refractivity contribution is 5.85. The molecule has 3 aromatic heterocycles. The Labute approximate surface area is 178 Å². The van der Waals surface area contributed by atoms with Gasteiger partial charge in [-0.25, -0.2) is 4.98 Å². The highest BCUT2D eigenvalue weighted by Gasteiger charge is 2.10. The van der Waals surface area contributed by atoms with Crippen molar-refractivity contribution < 1.29 is 4.74 Å². The maximum Gasteiger partial charge on any atom is 0.231 e. The number of methoxy groups -OCH3 is 1. The van der Waals surface area contributed by atoms with Gasteiger partial charge in [0, 0.05) is 23.8 Å². The van der Waals surface area contributed by atoms with Crippen LogP contribution in [0.15, 0.2) is 67.1 Å². The quantitative estimate of drug-likeness (QED) is 0.367. The number of nitrogens with zero attached hydrogens (tertiary/aromatic N) is 4. The number of ether oxygens (including phenoxy) is 1. The number of pyridine rings is 1. The van der Waals surface area contributed by atoms with Crippen LogP contribution in [0.2, 0.25) is 0 Å². The molecule has 0 fully saturated rings. The van der Waals surface area contributed by atoms with Crippen molar-refractivity contribution in [1.29, 1.82) is 0 Å². The first-order valence-corrected chi connectivity index (χ1v) is 9.98. The molecule has 31 heavy (non-hydrogen) atoms. The second-order valence-electron chi connectivity index (χ2n) is 7.06. The van der Waals surface area contributed by atoms with Gasteiger partial charge in [-0.1, -0.05) is 18.2 Å². The van der Waals surface area contributed by atoms with Gasteiger partial charge in [0.1, 0.15) is 11.3 Å². The van der Waals surface area contributed by atoms with E-state index in [0.717, 1.165) is 40.8 Å². The maximum absolute atomic E-state index is 5.21. The van der Waals surface area contributed by atoms with E-state index in [9.17, 15) is 0 Å². The van der Waals surface area contributed by atoms with E-state index >= 15 is 0 Å². The van der Waals surface area contributed by atoms with Crippen LogP contribution in [0.4, 0.5) is 17.5 Å². The fourth-order valence-corrected chi connectivity index (χ4v) is 3.42. The highest BCUT2D eigenvalue weighted by Crippen LogP contribution is 2.23. The molecule has 8 heteroatoms. The molecule has 3 N–H and O–H groups in total. The van der Waals surface area contributed by atoms with Gasteiger partial charge in [-0.05, 0) is 48.4 Å². The van der Waals surface area contributed by atoms with Crippen molar-refractivity contribution >= 4 is 39.5 Å². The Balaban J connectivity index is 1.34. The van der Waals surface area contributed by atoms with Crippen LogP contribution in [0.1, 0.15) is 5.56 Å². The number of hydrogen-bond acceptors (Lipinski definition) is 7. The lowest BCUT2D eigenvalue weighted by Crippen LogP contribution is -2.09. The van der Waals surface area contributed by atoms with Crippen molar-refractivity contribution in [3.8, 4) is 5.75 Å². The van der Waals surface area contributed by atoms with Crippen molar-refractivity contribution in [1.82, 2.24) is 24.9 Å². The van der Waals surface area contributed by atoms with E-state index in [1.807, 2.05) is 42.5 Å². The van der Waals surface area contributed by atoms with Crippen molar-refractivity contribution in [3.63, 3.8) is 0 Å². The summed E-state index contributed by atoms with van der Waals surface area (Å²) >= 11 is 0. The minimum Gasteiger partial charge on any atom is -0.497 e. The van der Waals surface area contributed by atoms with E-state index < -0.39 is 0 Å². The summed E-state index contributed by atoms with van der Waals surface area (Å²) in [4.78, 5) is 21.0. The molecule has 5 rings (SSSR count). The Kier molecular flexibility index (Phi) is 5.02. The minimum absolute atomic E-state index is 0.481. The number of benzene rings is 2. The molecule has 0 aliphatic rings. The highest BCUT2D eigenvalue weighted by atomic mass is 16.5. The Morgan fingerprint density at radius 1 is 1.00 bits per heavy atom. The largest absolute Gasteiger partial charge is 0.497 e. The van der Waals surface area contributed by atoms with E-state index in [1.54, 1.807) is 19.6 Å². The molecule has 5 aromatic rings. The lowest BCUT2D eigenvalue weighted by Gasteiger charge is -2.10. The zero-order valence-electron chi connectivity index (χ0n) is 17.0. The standard InChI is InChI=1S/C23H21N7O/c1-31-18-7-4-15(5-8-18)10-12-25-21-20-22(27-14-26-20)30-23(29-21)28-17-6-9-19-16(13-17)3-2-11-24-19/h2-9,11,13-14H,10,12H2,1H3,(H3,25,26,27,28,29,30). The number of aromatic amines is 1. The van der Waals surface area contributed by atoms with Crippen molar-refractivity contribution in [2.24, 2.45) is 0 Å². The van der Waals surface area contributed by atoms with E-state index in [4.69, 9.17) is 4.74 Å². The van der Waals surface area contributed by atoms with Crippen molar-refractivity contribution in [2.75, 3.05) is 24.3 Å².